The lowest BCUT2D eigenvalue weighted by atomic mass is 10.1. The molecule has 2 aromatic heterocycles. The zero-order valence-electron chi connectivity index (χ0n) is 15.4. The van der Waals surface area contributed by atoms with Gasteiger partial charge in [0.15, 0.2) is 0 Å². The molecule has 3 heterocycles. The summed E-state index contributed by atoms with van der Waals surface area (Å²) in [7, 11) is 0. The summed E-state index contributed by atoms with van der Waals surface area (Å²) in [5.74, 6) is -1.15. The van der Waals surface area contributed by atoms with E-state index in [1.54, 1.807) is 6.07 Å². The number of aromatic nitrogens is 3. The van der Waals surface area contributed by atoms with Crippen molar-refractivity contribution in [2.45, 2.75) is 25.0 Å². The molecule has 1 fully saturated rings. The summed E-state index contributed by atoms with van der Waals surface area (Å²) in [4.78, 5) is 11.8. The van der Waals surface area contributed by atoms with Gasteiger partial charge < -0.3 is 15.4 Å². The second kappa shape index (κ2) is 7.32. The van der Waals surface area contributed by atoms with E-state index in [0.29, 0.717) is 19.0 Å². The second-order valence-corrected chi connectivity index (χ2v) is 6.67. The van der Waals surface area contributed by atoms with Crippen LogP contribution in [0, 0.1) is 0 Å². The van der Waals surface area contributed by atoms with Crippen LogP contribution in [0.3, 0.4) is 0 Å². The molecule has 4 rings (SSSR count). The number of hydrogen-bond donors (Lipinski definition) is 2. The van der Waals surface area contributed by atoms with Crippen molar-refractivity contribution in [3.63, 3.8) is 0 Å². The van der Waals surface area contributed by atoms with Crippen molar-refractivity contribution in [2.75, 3.05) is 11.9 Å². The predicted octanol–water partition coefficient (Wildman–Crippen LogP) is 3.61. The van der Waals surface area contributed by atoms with Crippen LogP contribution < -0.4 is 15.4 Å². The number of carbonyl (C=O) groups is 1. The number of anilines is 1. The van der Waals surface area contributed by atoms with Crippen LogP contribution >= 0.6 is 0 Å². The Morgan fingerprint density at radius 3 is 2.55 bits per heavy atom. The van der Waals surface area contributed by atoms with Crippen molar-refractivity contribution in [1.82, 2.24) is 19.9 Å². The molecule has 3 aromatic rings. The smallest absolute Gasteiger partial charge is 0.405 e. The summed E-state index contributed by atoms with van der Waals surface area (Å²) in [6, 6.07) is 4.22. The van der Waals surface area contributed by atoms with E-state index in [4.69, 9.17) is 0 Å². The molecule has 0 spiro atoms. The average molecular weight is 445 g/mol. The highest BCUT2D eigenvalue weighted by molar-refractivity contribution is 5.86. The second-order valence-electron chi connectivity index (χ2n) is 6.67. The number of ether oxygens (including phenoxy) is 1. The summed E-state index contributed by atoms with van der Waals surface area (Å²) in [6.45, 7) is 0.473. The van der Waals surface area contributed by atoms with Gasteiger partial charge in [-0.1, -0.05) is 0 Å². The summed E-state index contributed by atoms with van der Waals surface area (Å²) in [5.41, 5.74) is -1.51. The first-order chi connectivity index (χ1) is 14.5. The third kappa shape index (κ3) is 4.20. The number of amides is 1. The van der Waals surface area contributed by atoms with Crippen LogP contribution in [0.1, 0.15) is 12.0 Å². The van der Waals surface area contributed by atoms with E-state index in [1.807, 2.05) is 0 Å². The molecule has 1 aromatic carbocycles. The lowest BCUT2D eigenvalue weighted by Crippen LogP contribution is -2.30. The first-order valence-corrected chi connectivity index (χ1v) is 8.88. The molecule has 1 aliphatic rings. The highest BCUT2D eigenvalue weighted by Gasteiger charge is 2.36. The number of fused-ring (bicyclic) bond motifs is 1. The Balaban J connectivity index is 1.80. The van der Waals surface area contributed by atoms with E-state index in [0.717, 1.165) is 6.07 Å². The van der Waals surface area contributed by atoms with E-state index < -0.39 is 29.9 Å². The van der Waals surface area contributed by atoms with Crippen LogP contribution in [0.25, 0.3) is 16.8 Å². The normalized spacial score (nSPS) is 17.1. The number of rotatable bonds is 4. The molecular weight excluding hydrogens is 432 g/mol. The first-order valence-electron chi connectivity index (χ1n) is 8.88. The highest BCUT2D eigenvalue weighted by atomic mass is 19.4. The van der Waals surface area contributed by atoms with Gasteiger partial charge in [0.25, 0.3) is 0 Å². The zero-order chi connectivity index (χ0) is 22.4. The number of alkyl halides is 6. The third-order valence-electron chi connectivity index (χ3n) is 4.61. The number of halogens is 6. The van der Waals surface area contributed by atoms with Crippen molar-refractivity contribution in [1.29, 1.82) is 0 Å². The van der Waals surface area contributed by atoms with Crippen LogP contribution in [-0.2, 0) is 11.0 Å². The van der Waals surface area contributed by atoms with Gasteiger partial charge in [-0.3, -0.25) is 9.20 Å². The van der Waals surface area contributed by atoms with Gasteiger partial charge in [-0.2, -0.15) is 13.2 Å². The summed E-state index contributed by atoms with van der Waals surface area (Å²) < 4.78 is 82.9. The standard InChI is InChI=1S/C18H13F6N5O2/c19-17(20,21)9-3-4-10(13(8-9)31-18(22,23)24)14-12-2-1-7-29(12)16(28-27-14)26-11-5-6-25-15(11)30/h1-4,7-8,11H,5-6H2,(H,25,30)(H,26,28). The number of nitrogens with zero attached hydrogens (tertiary/aromatic N) is 3. The fraction of sp³-hybridized carbons (Fsp3) is 0.278. The van der Waals surface area contributed by atoms with E-state index in [1.165, 1.54) is 16.7 Å². The Morgan fingerprint density at radius 2 is 1.90 bits per heavy atom. The maximum absolute atomic E-state index is 13.0. The number of hydrogen-bond acceptors (Lipinski definition) is 5. The number of benzene rings is 1. The van der Waals surface area contributed by atoms with Crippen molar-refractivity contribution in [3.05, 3.63) is 42.1 Å². The van der Waals surface area contributed by atoms with Gasteiger partial charge in [-0.05, 0) is 36.8 Å². The Hall–Kier alpha value is -3.51. The molecule has 1 saturated heterocycles. The van der Waals surface area contributed by atoms with E-state index in [9.17, 15) is 31.1 Å². The summed E-state index contributed by atoms with van der Waals surface area (Å²) >= 11 is 0. The van der Waals surface area contributed by atoms with Crippen molar-refractivity contribution in [3.8, 4) is 17.0 Å². The minimum absolute atomic E-state index is 0.126. The predicted molar refractivity (Wildman–Crippen MR) is 95.1 cm³/mol. The molecule has 0 saturated carbocycles. The van der Waals surface area contributed by atoms with Crippen LogP contribution in [0.4, 0.5) is 32.3 Å². The average Bonchev–Trinajstić information content (AvgIpc) is 3.30. The Labute approximate surface area is 170 Å². The Morgan fingerprint density at radius 1 is 1.13 bits per heavy atom. The largest absolute Gasteiger partial charge is 0.573 e. The third-order valence-corrected chi connectivity index (χ3v) is 4.61. The van der Waals surface area contributed by atoms with Crippen molar-refractivity contribution in [2.24, 2.45) is 0 Å². The first kappa shape index (κ1) is 20.8. The molecule has 1 aliphatic heterocycles. The molecule has 1 unspecified atom stereocenters. The van der Waals surface area contributed by atoms with Gasteiger partial charge in [0.05, 0.1) is 11.1 Å². The van der Waals surface area contributed by atoms with E-state index in [2.05, 4.69) is 25.6 Å². The molecule has 0 radical (unpaired) electrons. The molecule has 1 atom stereocenters. The lowest BCUT2D eigenvalue weighted by molar-refractivity contribution is -0.274. The molecule has 31 heavy (non-hydrogen) atoms. The molecule has 7 nitrogen and oxygen atoms in total. The number of nitrogens with one attached hydrogen (secondary N) is 2. The minimum Gasteiger partial charge on any atom is -0.405 e. The van der Waals surface area contributed by atoms with Gasteiger partial charge in [-0.15, -0.1) is 23.4 Å². The zero-order valence-corrected chi connectivity index (χ0v) is 15.4. The maximum Gasteiger partial charge on any atom is 0.573 e. The van der Waals surface area contributed by atoms with Crippen molar-refractivity contribution >= 4 is 17.4 Å². The van der Waals surface area contributed by atoms with Gasteiger partial charge in [0, 0.05) is 18.3 Å². The van der Waals surface area contributed by atoms with Crippen molar-refractivity contribution < 1.29 is 35.9 Å². The Bertz CT molecular complexity index is 1140. The fourth-order valence-corrected chi connectivity index (χ4v) is 3.24. The SMILES string of the molecule is O=C1NCCC1Nc1nnc(-c2ccc(C(F)(F)F)cc2OC(F)(F)F)c2cccn12. The van der Waals surface area contributed by atoms with Gasteiger partial charge >= 0.3 is 12.5 Å². The Kier molecular flexibility index (Phi) is 4.90. The molecule has 164 valence electrons. The van der Waals surface area contributed by atoms with Gasteiger partial charge in [0.2, 0.25) is 11.9 Å². The summed E-state index contributed by atoms with van der Waals surface area (Å²) in [6.07, 6.45) is -8.07. The van der Waals surface area contributed by atoms with Crippen LogP contribution in [0.2, 0.25) is 0 Å². The molecular formula is C18H13F6N5O2. The van der Waals surface area contributed by atoms with Gasteiger partial charge in [-0.25, -0.2) is 0 Å². The highest BCUT2D eigenvalue weighted by Crippen LogP contribution is 2.40. The van der Waals surface area contributed by atoms with Crippen LogP contribution in [0.5, 0.6) is 5.75 Å². The van der Waals surface area contributed by atoms with Gasteiger partial charge in [0.1, 0.15) is 17.5 Å². The van der Waals surface area contributed by atoms with E-state index in [-0.39, 0.29) is 34.7 Å². The van der Waals surface area contributed by atoms with Crippen LogP contribution in [0.15, 0.2) is 36.5 Å². The molecule has 2 N–H and O–H groups in total. The summed E-state index contributed by atoms with van der Waals surface area (Å²) in [5, 5.41) is 13.4. The van der Waals surface area contributed by atoms with E-state index >= 15 is 0 Å². The molecule has 0 bridgehead atoms. The lowest BCUT2D eigenvalue weighted by Gasteiger charge is -2.17. The fourth-order valence-electron chi connectivity index (χ4n) is 3.24. The molecule has 0 aliphatic carbocycles. The quantitative estimate of drug-likeness (QED) is 0.600. The number of carbonyl (C=O) groups excluding carboxylic acids is 1. The minimum atomic E-state index is -5.22. The topological polar surface area (TPSA) is 80.5 Å². The van der Waals surface area contributed by atoms with Crippen LogP contribution in [-0.4, -0.2) is 39.5 Å². The molecule has 1 amide bonds. The maximum atomic E-state index is 13.0. The monoisotopic (exact) mass is 445 g/mol. The molecule has 13 heteroatoms.